The number of hydrogen-bond donors (Lipinski definition) is 0. The third-order valence-corrected chi connectivity index (χ3v) is 6.57. The van der Waals surface area contributed by atoms with E-state index in [4.69, 9.17) is 21.7 Å². The van der Waals surface area contributed by atoms with Gasteiger partial charge in [0.25, 0.3) is 0 Å². The SMILES string of the molecule is CC(C)(C)c1cc(N2CCN(Cc3ccccc3)CC2)n2ncc(-c3ccc(Cl)cc3)c2n1. The van der Waals surface area contributed by atoms with E-state index in [1.165, 1.54) is 5.56 Å². The second-order valence-electron chi connectivity index (χ2n) is 9.80. The van der Waals surface area contributed by atoms with Gasteiger partial charge in [0.2, 0.25) is 0 Å². The number of anilines is 1. The van der Waals surface area contributed by atoms with Gasteiger partial charge in [-0.2, -0.15) is 9.61 Å². The largest absolute Gasteiger partial charge is 0.354 e. The monoisotopic (exact) mass is 459 g/mol. The van der Waals surface area contributed by atoms with Gasteiger partial charge in [-0.3, -0.25) is 4.90 Å². The zero-order valence-corrected chi connectivity index (χ0v) is 20.3. The normalized spacial score (nSPS) is 15.3. The van der Waals surface area contributed by atoms with Gasteiger partial charge in [0.15, 0.2) is 5.65 Å². The summed E-state index contributed by atoms with van der Waals surface area (Å²) in [5.74, 6) is 1.12. The van der Waals surface area contributed by atoms with Crippen molar-refractivity contribution in [2.75, 3.05) is 31.1 Å². The van der Waals surface area contributed by atoms with Gasteiger partial charge in [-0.05, 0) is 23.3 Å². The molecule has 3 heterocycles. The van der Waals surface area contributed by atoms with Crippen molar-refractivity contribution in [3.63, 3.8) is 0 Å². The third-order valence-electron chi connectivity index (χ3n) is 6.32. The van der Waals surface area contributed by atoms with Crippen LogP contribution in [0.2, 0.25) is 5.02 Å². The van der Waals surface area contributed by atoms with E-state index in [2.05, 4.69) is 67.0 Å². The molecule has 0 atom stereocenters. The lowest BCUT2D eigenvalue weighted by atomic mass is 9.91. The molecular weight excluding hydrogens is 430 g/mol. The quantitative estimate of drug-likeness (QED) is 0.394. The average Bonchev–Trinajstić information content (AvgIpc) is 3.24. The lowest BCUT2D eigenvalue weighted by molar-refractivity contribution is 0.249. The van der Waals surface area contributed by atoms with Gasteiger partial charge < -0.3 is 4.90 Å². The second kappa shape index (κ2) is 8.81. The minimum absolute atomic E-state index is 0.0623. The van der Waals surface area contributed by atoms with Crippen LogP contribution in [0, 0.1) is 0 Å². The fourth-order valence-corrected chi connectivity index (χ4v) is 4.49. The Kier molecular flexibility index (Phi) is 5.85. The van der Waals surface area contributed by atoms with Crippen molar-refractivity contribution in [2.45, 2.75) is 32.7 Å². The van der Waals surface area contributed by atoms with Gasteiger partial charge in [0, 0.05) is 54.8 Å². The summed E-state index contributed by atoms with van der Waals surface area (Å²) in [5, 5.41) is 5.50. The summed E-state index contributed by atoms with van der Waals surface area (Å²) in [4.78, 5) is 10.0. The fourth-order valence-electron chi connectivity index (χ4n) is 4.37. The Morgan fingerprint density at radius 2 is 1.61 bits per heavy atom. The number of benzene rings is 2. The number of fused-ring (bicyclic) bond motifs is 1. The number of hydrogen-bond acceptors (Lipinski definition) is 4. The summed E-state index contributed by atoms with van der Waals surface area (Å²) >= 11 is 6.12. The van der Waals surface area contributed by atoms with E-state index in [0.717, 1.165) is 66.0 Å². The summed E-state index contributed by atoms with van der Waals surface area (Å²) in [6, 6.07) is 20.8. The van der Waals surface area contributed by atoms with Gasteiger partial charge in [-0.15, -0.1) is 0 Å². The molecule has 0 radical (unpaired) electrons. The molecule has 0 amide bonds. The van der Waals surface area contributed by atoms with E-state index < -0.39 is 0 Å². The minimum atomic E-state index is -0.0623. The van der Waals surface area contributed by atoms with E-state index in [-0.39, 0.29) is 5.41 Å². The third kappa shape index (κ3) is 4.61. The molecule has 0 unspecified atom stereocenters. The molecule has 170 valence electrons. The highest BCUT2D eigenvalue weighted by atomic mass is 35.5. The Balaban J connectivity index is 1.47. The van der Waals surface area contributed by atoms with Gasteiger partial charge >= 0.3 is 0 Å². The van der Waals surface area contributed by atoms with Crippen molar-refractivity contribution >= 4 is 23.1 Å². The molecule has 5 rings (SSSR count). The van der Waals surface area contributed by atoms with Gasteiger partial charge in [-0.1, -0.05) is 74.8 Å². The molecule has 6 heteroatoms. The van der Waals surface area contributed by atoms with Crippen LogP contribution in [0.25, 0.3) is 16.8 Å². The lowest BCUT2D eigenvalue weighted by Crippen LogP contribution is -2.46. The molecule has 33 heavy (non-hydrogen) atoms. The maximum absolute atomic E-state index is 6.12. The lowest BCUT2D eigenvalue weighted by Gasteiger charge is -2.36. The standard InChI is InChI=1S/C27H30ClN5/c1-27(2,3)24-17-25(32-15-13-31(14-16-32)19-20-7-5-4-6-8-20)33-26(30-24)23(18-29-33)21-9-11-22(28)12-10-21/h4-12,17-18H,13-16,19H2,1-3H3. The van der Waals surface area contributed by atoms with Crippen LogP contribution in [0.3, 0.4) is 0 Å². The van der Waals surface area contributed by atoms with E-state index in [1.807, 2.05) is 35.0 Å². The summed E-state index contributed by atoms with van der Waals surface area (Å²) < 4.78 is 2.01. The first-order chi connectivity index (χ1) is 15.9. The maximum Gasteiger partial charge on any atom is 0.165 e. The Morgan fingerprint density at radius 1 is 0.909 bits per heavy atom. The Bertz CT molecular complexity index is 1230. The summed E-state index contributed by atoms with van der Waals surface area (Å²) in [5.41, 5.74) is 5.38. The first kappa shape index (κ1) is 21.9. The fraction of sp³-hybridized carbons (Fsp3) is 0.333. The Labute approximate surface area is 200 Å². The zero-order valence-electron chi connectivity index (χ0n) is 19.5. The topological polar surface area (TPSA) is 36.7 Å². The molecule has 0 bridgehead atoms. The van der Waals surface area contributed by atoms with Crippen LogP contribution in [-0.2, 0) is 12.0 Å². The average molecular weight is 460 g/mol. The Morgan fingerprint density at radius 3 is 2.27 bits per heavy atom. The summed E-state index contributed by atoms with van der Waals surface area (Å²) in [6.45, 7) is 11.6. The number of nitrogens with zero attached hydrogens (tertiary/aromatic N) is 5. The summed E-state index contributed by atoms with van der Waals surface area (Å²) in [7, 11) is 0. The van der Waals surface area contributed by atoms with Crippen LogP contribution in [0.1, 0.15) is 32.0 Å². The first-order valence-corrected chi connectivity index (χ1v) is 11.9. The van der Waals surface area contributed by atoms with Crippen LogP contribution in [0.4, 0.5) is 5.82 Å². The van der Waals surface area contributed by atoms with E-state index in [0.29, 0.717) is 0 Å². The van der Waals surface area contributed by atoms with Crippen molar-refractivity contribution in [1.29, 1.82) is 0 Å². The molecule has 1 fully saturated rings. The van der Waals surface area contributed by atoms with Gasteiger partial charge in [-0.25, -0.2) is 4.98 Å². The van der Waals surface area contributed by atoms with Crippen molar-refractivity contribution in [1.82, 2.24) is 19.5 Å². The number of piperazine rings is 1. The molecule has 1 aliphatic heterocycles. The number of aromatic nitrogens is 3. The molecular formula is C27H30ClN5. The number of halogens is 1. The maximum atomic E-state index is 6.12. The summed E-state index contributed by atoms with van der Waals surface area (Å²) in [6.07, 6.45) is 1.92. The van der Waals surface area contributed by atoms with Crippen molar-refractivity contribution in [3.8, 4) is 11.1 Å². The van der Waals surface area contributed by atoms with Crippen LogP contribution in [0.15, 0.2) is 66.9 Å². The van der Waals surface area contributed by atoms with Crippen LogP contribution in [0.5, 0.6) is 0 Å². The van der Waals surface area contributed by atoms with E-state index in [9.17, 15) is 0 Å². The van der Waals surface area contributed by atoms with E-state index >= 15 is 0 Å². The molecule has 1 aliphatic rings. The minimum Gasteiger partial charge on any atom is -0.354 e. The first-order valence-electron chi connectivity index (χ1n) is 11.5. The second-order valence-corrected chi connectivity index (χ2v) is 10.2. The Hall–Kier alpha value is -2.89. The highest BCUT2D eigenvalue weighted by Gasteiger charge is 2.25. The van der Waals surface area contributed by atoms with Crippen molar-refractivity contribution in [2.24, 2.45) is 0 Å². The molecule has 0 aliphatic carbocycles. The molecule has 2 aromatic carbocycles. The highest BCUT2D eigenvalue weighted by Crippen LogP contribution is 2.31. The van der Waals surface area contributed by atoms with Gasteiger partial charge in [0.1, 0.15) is 5.82 Å². The van der Waals surface area contributed by atoms with Crippen LogP contribution < -0.4 is 4.90 Å². The molecule has 0 saturated carbocycles. The van der Waals surface area contributed by atoms with Crippen molar-refractivity contribution in [3.05, 3.63) is 83.1 Å². The predicted molar refractivity (Wildman–Crippen MR) is 136 cm³/mol. The zero-order chi connectivity index (χ0) is 23.0. The molecule has 0 spiro atoms. The molecule has 5 nitrogen and oxygen atoms in total. The molecule has 1 saturated heterocycles. The smallest absolute Gasteiger partial charge is 0.165 e. The van der Waals surface area contributed by atoms with Crippen LogP contribution >= 0.6 is 11.6 Å². The number of rotatable bonds is 4. The van der Waals surface area contributed by atoms with Crippen LogP contribution in [-0.4, -0.2) is 45.7 Å². The van der Waals surface area contributed by atoms with Gasteiger partial charge in [0.05, 0.1) is 11.9 Å². The van der Waals surface area contributed by atoms with Crippen molar-refractivity contribution < 1.29 is 0 Å². The van der Waals surface area contributed by atoms with E-state index in [1.54, 1.807) is 0 Å². The highest BCUT2D eigenvalue weighted by molar-refractivity contribution is 6.30. The molecule has 4 aromatic rings. The predicted octanol–water partition coefficient (Wildman–Crippen LogP) is 5.67. The molecule has 0 N–H and O–H groups in total. The molecule has 2 aromatic heterocycles.